The van der Waals surface area contributed by atoms with Crippen molar-refractivity contribution in [1.29, 1.82) is 0 Å². The number of benzene rings is 1. The van der Waals surface area contributed by atoms with E-state index in [0.717, 1.165) is 18.2 Å². The van der Waals surface area contributed by atoms with Gasteiger partial charge in [0, 0.05) is 0 Å². The Kier molecular flexibility index (Phi) is 4.24. The van der Waals surface area contributed by atoms with E-state index in [1.807, 2.05) is 0 Å². The SMILES string of the molecule is C=C(CC)CS(=O)(=O)c1cc(C(=O)O)ccc1F. The van der Waals surface area contributed by atoms with E-state index in [1.54, 1.807) is 6.92 Å². The van der Waals surface area contributed by atoms with Crippen LogP contribution in [0, 0.1) is 5.82 Å². The smallest absolute Gasteiger partial charge is 0.335 e. The summed E-state index contributed by atoms with van der Waals surface area (Å²) < 4.78 is 37.3. The molecule has 0 unspecified atom stereocenters. The number of hydrogen-bond donors (Lipinski definition) is 1. The quantitative estimate of drug-likeness (QED) is 0.835. The van der Waals surface area contributed by atoms with Crippen molar-refractivity contribution in [2.24, 2.45) is 0 Å². The Morgan fingerprint density at radius 3 is 2.56 bits per heavy atom. The first-order valence-electron chi connectivity index (χ1n) is 5.20. The molecule has 1 rings (SSSR count). The van der Waals surface area contributed by atoms with Crippen molar-refractivity contribution in [3.63, 3.8) is 0 Å². The number of carbonyl (C=O) groups is 1. The highest BCUT2D eigenvalue weighted by atomic mass is 32.2. The molecule has 0 radical (unpaired) electrons. The van der Waals surface area contributed by atoms with Crippen molar-refractivity contribution < 1.29 is 22.7 Å². The van der Waals surface area contributed by atoms with E-state index in [1.165, 1.54) is 0 Å². The molecule has 0 bridgehead atoms. The third-order valence-corrected chi connectivity index (χ3v) is 4.18. The lowest BCUT2D eigenvalue weighted by Gasteiger charge is -2.07. The van der Waals surface area contributed by atoms with Crippen LogP contribution < -0.4 is 0 Å². The van der Waals surface area contributed by atoms with Gasteiger partial charge in [0.1, 0.15) is 10.7 Å². The van der Waals surface area contributed by atoms with Crippen molar-refractivity contribution in [2.75, 3.05) is 5.75 Å². The summed E-state index contributed by atoms with van der Waals surface area (Å²) >= 11 is 0. The number of carboxylic acids is 1. The maximum absolute atomic E-state index is 13.5. The predicted molar refractivity (Wildman–Crippen MR) is 64.8 cm³/mol. The zero-order valence-corrected chi connectivity index (χ0v) is 10.6. The molecule has 0 amide bonds. The van der Waals surface area contributed by atoms with E-state index < -0.39 is 26.5 Å². The molecular weight excluding hydrogens is 259 g/mol. The number of aromatic carboxylic acids is 1. The Hall–Kier alpha value is -1.69. The number of carboxylic acid groups (broad SMARTS) is 1. The minimum Gasteiger partial charge on any atom is -0.478 e. The molecule has 0 heterocycles. The summed E-state index contributed by atoms with van der Waals surface area (Å²) in [5, 5.41) is 8.76. The van der Waals surface area contributed by atoms with Crippen LogP contribution in [0.15, 0.2) is 35.2 Å². The third-order valence-electron chi connectivity index (χ3n) is 2.41. The lowest BCUT2D eigenvalue weighted by molar-refractivity contribution is 0.0696. The van der Waals surface area contributed by atoms with Gasteiger partial charge < -0.3 is 5.11 Å². The van der Waals surface area contributed by atoms with Gasteiger partial charge in [-0.2, -0.15) is 0 Å². The van der Waals surface area contributed by atoms with Crippen LogP contribution in [0.1, 0.15) is 23.7 Å². The molecule has 0 saturated heterocycles. The number of halogens is 1. The van der Waals surface area contributed by atoms with Gasteiger partial charge in [0.25, 0.3) is 0 Å². The second-order valence-corrected chi connectivity index (χ2v) is 5.77. The first-order valence-corrected chi connectivity index (χ1v) is 6.85. The second kappa shape index (κ2) is 5.30. The Balaban J connectivity index is 3.27. The molecule has 1 N–H and O–H groups in total. The first-order chi connectivity index (χ1) is 8.27. The van der Waals surface area contributed by atoms with Crippen LogP contribution in [0.3, 0.4) is 0 Å². The average Bonchev–Trinajstić information content (AvgIpc) is 2.28. The van der Waals surface area contributed by atoms with Crippen molar-refractivity contribution in [1.82, 2.24) is 0 Å². The van der Waals surface area contributed by atoms with E-state index in [0.29, 0.717) is 12.0 Å². The summed E-state index contributed by atoms with van der Waals surface area (Å²) in [5.41, 5.74) is 0.173. The molecule has 0 spiro atoms. The molecule has 0 aromatic heterocycles. The van der Waals surface area contributed by atoms with Gasteiger partial charge >= 0.3 is 5.97 Å². The Labute approximate surface area is 105 Å². The highest BCUT2D eigenvalue weighted by Gasteiger charge is 2.21. The van der Waals surface area contributed by atoms with Gasteiger partial charge in [-0.15, -0.1) is 0 Å². The van der Waals surface area contributed by atoms with Crippen molar-refractivity contribution >= 4 is 15.8 Å². The van der Waals surface area contributed by atoms with Gasteiger partial charge in [0.05, 0.1) is 11.3 Å². The highest BCUT2D eigenvalue weighted by Crippen LogP contribution is 2.20. The fraction of sp³-hybridized carbons (Fsp3) is 0.250. The van der Waals surface area contributed by atoms with Crippen LogP contribution in [-0.4, -0.2) is 25.2 Å². The van der Waals surface area contributed by atoms with Gasteiger partial charge in [0.2, 0.25) is 0 Å². The summed E-state index contributed by atoms with van der Waals surface area (Å²) in [6.07, 6.45) is 0.458. The maximum Gasteiger partial charge on any atom is 0.335 e. The van der Waals surface area contributed by atoms with Gasteiger partial charge in [-0.25, -0.2) is 17.6 Å². The highest BCUT2D eigenvalue weighted by molar-refractivity contribution is 7.91. The Bertz CT molecular complexity index is 590. The molecule has 1 aromatic carbocycles. The van der Waals surface area contributed by atoms with Crippen LogP contribution in [0.4, 0.5) is 4.39 Å². The zero-order chi connectivity index (χ0) is 13.9. The van der Waals surface area contributed by atoms with Gasteiger partial charge in [-0.05, 0) is 24.6 Å². The fourth-order valence-corrected chi connectivity index (χ4v) is 2.89. The maximum atomic E-state index is 13.5. The lowest BCUT2D eigenvalue weighted by atomic mass is 10.2. The monoisotopic (exact) mass is 272 g/mol. The van der Waals surface area contributed by atoms with Gasteiger partial charge in [0.15, 0.2) is 9.84 Å². The Morgan fingerprint density at radius 2 is 2.06 bits per heavy atom. The normalized spacial score (nSPS) is 11.2. The lowest BCUT2D eigenvalue weighted by Crippen LogP contribution is -2.11. The van der Waals surface area contributed by atoms with Crippen LogP contribution in [0.2, 0.25) is 0 Å². The number of rotatable bonds is 5. The molecule has 0 fully saturated rings. The largest absolute Gasteiger partial charge is 0.478 e. The van der Waals surface area contributed by atoms with E-state index >= 15 is 0 Å². The average molecular weight is 272 g/mol. The minimum absolute atomic E-state index is 0.267. The molecule has 4 nitrogen and oxygen atoms in total. The van der Waals surface area contributed by atoms with Crippen molar-refractivity contribution in [3.05, 3.63) is 41.7 Å². The summed E-state index contributed by atoms with van der Waals surface area (Å²) in [7, 11) is -3.90. The predicted octanol–water partition coefficient (Wildman–Crippen LogP) is 2.26. The Morgan fingerprint density at radius 1 is 1.44 bits per heavy atom. The zero-order valence-electron chi connectivity index (χ0n) is 9.81. The topological polar surface area (TPSA) is 71.4 Å². The van der Waals surface area contributed by atoms with E-state index in [2.05, 4.69) is 6.58 Å². The standard InChI is InChI=1S/C12H13FO4S/c1-3-8(2)7-18(16,17)11-6-9(12(14)15)4-5-10(11)13/h4-6H,2-3,7H2,1H3,(H,14,15). The molecule has 0 atom stereocenters. The molecule has 0 aliphatic rings. The molecule has 0 aliphatic heterocycles. The minimum atomic E-state index is -3.90. The molecule has 98 valence electrons. The first kappa shape index (κ1) is 14.4. The van der Waals surface area contributed by atoms with E-state index in [9.17, 15) is 17.6 Å². The van der Waals surface area contributed by atoms with Gasteiger partial charge in [-0.1, -0.05) is 19.1 Å². The fourth-order valence-electron chi connectivity index (χ4n) is 1.32. The van der Waals surface area contributed by atoms with Crippen molar-refractivity contribution in [3.8, 4) is 0 Å². The summed E-state index contributed by atoms with van der Waals surface area (Å²) in [5.74, 6) is -2.64. The molecule has 0 aliphatic carbocycles. The third kappa shape index (κ3) is 3.16. The molecular formula is C12H13FO4S. The number of hydrogen-bond acceptors (Lipinski definition) is 3. The second-order valence-electron chi connectivity index (χ2n) is 3.81. The van der Waals surface area contributed by atoms with Crippen molar-refractivity contribution in [2.45, 2.75) is 18.2 Å². The van der Waals surface area contributed by atoms with Crippen LogP contribution >= 0.6 is 0 Å². The van der Waals surface area contributed by atoms with E-state index in [4.69, 9.17) is 5.11 Å². The summed E-state index contributed by atoms with van der Waals surface area (Å²) in [6.45, 7) is 5.29. The van der Waals surface area contributed by atoms with Crippen LogP contribution in [0.5, 0.6) is 0 Å². The molecule has 0 saturated carbocycles. The molecule has 18 heavy (non-hydrogen) atoms. The van der Waals surface area contributed by atoms with Gasteiger partial charge in [-0.3, -0.25) is 0 Å². The van der Waals surface area contributed by atoms with Crippen LogP contribution in [0.25, 0.3) is 0 Å². The molecule has 1 aromatic rings. The number of sulfone groups is 1. The summed E-state index contributed by atoms with van der Waals surface area (Å²) in [4.78, 5) is 10.1. The summed E-state index contributed by atoms with van der Waals surface area (Å²) in [6, 6.07) is 2.69. The van der Waals surface area contributed by atoms with E-state index in [-0.39, 0.29) is 11.3 Å². The van der Waals surface area contributed by atoms with Crippen LogP contribution in [-0.2, 0) is 9.84 Å². The molecule has 6 heteroatoms.